The number of nitriles is 1. The Labute approximate surface area is 93.5 Å². The van der Waals surface area contributed by atoms with Gasteiger partial charge in [0.05, 0.1) is 18.2 Å². The van der Waals surface area contributed by atoms with Crippen LogP contribution in [0.4, 0.5) is 0 Å². The zero-order chi connectivity index (χ0) is 11.7. The van der Waals surface area contributed by atoms with Gasteiger partial charge < -0.3 is 4.74 Å². The van der Waals surface area contributed by atoms with Crippen molar-refractivity contribution in [2.75, 3.05) is 7.11 Å². The van der Waals surface area contributed by atoms with Crippen LogP contribution in [-0.2, 0) is 0 Å². The minimum Gasteiger partial charge on any atom is -0.495 e. The van der Waals surface area contributed by atoms with Gasteiger partial charge in [0.2, 0.25) is 0 Å². The third-order valence-corrected chi connectivity index (χ3v) is 2.44. The Hall–Kier alpha value is -2.15. The Kier molecular flexibility index (Phi) is 2.45. The van der Waals surface area contributed by atoms with E-state index in [4.69, 9.17) is 10.00 Å². The molecule has 2 aromatic rings. The number of aromatic nitrogens is 2. The molecular formula is C12H11N3O. The summed E-state index contributed by atoms with van der Waals surface area (Å²) in [6, 6.07) is 5.63. The van der Waals surface area contributed by atoms with E-state index in [0.717, 1.165) is 16.6 Å². The number of aryl methyl sites for hydroxylation is 2. The summed E-state index contributed by atoms with van der Waals surface area (Å²) in [7, 11) is 1.55. The summed E-state index contributed by atoms with van der Waals surface area (Å²) in [4.78, 5) is 8.59. The standard InChI is InChI=1S/C12H11N3O/c1-7-10-5-12(16-3)9(6-13)4-11(10)15-8(2)14-7/h4-5H,1-3H3. The highest BCUT2D eigenvalue weighted by Crippen LogP contribution is 2.25. The number of nitrogens with zero attached hydrogens (tertiary/aromatic N) is 3. The topological polar surface area (TPSA) is 58.8 Å². The normalized spacial score (nSPS) is 10.1. The van der Waals surface area contributed by atoms with E-state index in [1.54, 1.807) is 13.2 Å². The lowest BCUT2D eigenvalue weighted by Gasteiger charge is -2.07. The van der Waals surface area contributed by atoms with Gasteiger partial charge in [0.25, 0.3) is 0 Å². The second-order valence-electron chi connectivity index (χ2n) is 3.54. The van der Waals surface area contributed by atoms with Crippen LogP contribution in [0.25, 0.3) is 10.9 Å². The minimum absolute atomic E-state index is 0.493. The molecule has 0 N–H and O–H groups in total. The van der Waals surface area contributed by atoms with Crippen molar-refractivity contribution < 1.29 is 4.74 Å². The maximum atomic E-state index is 8.97. The molecule has 0 aliphatic heterocycles. The predicted octanol–water partition coefficient (Wildman–Crippen LogP) is 2.13. The highest BCUT2D eigenvalue weighted by molar-refractivity contribution is 5.84. The molecule has 1 aromatic heterocycles. The molecule has 0 radical (unpaired) electrons. The molecule has 0 aliphatic carbocycles. The summed E-state index contributed by atoms with van der Waals surface area (Å²) in [5.41, 5.74) is 2.17. The van der Waals surface area contributed by atoms with Gasteiger partial charge in [-0.25, -0.2) is 9.97 Å². The zero-order valence-corrected chi connectivity index (χ0v) is 9.40. The van der Waals surface area contributed by atoms with Crippen LogP contribution in [-0.4, -0.2) is 17.1 Å². The van der Waals surface area contributed by atoms with Crippen LogP contribution in [0.2, 0.25) is 0 Å². The van der Waals surface area contributed by atoms with Crippen molar-refractivity contribution in [3.8, 4) is 11.8 Å². The molecule has 0 fully saturated rings. The van der Waals surface area contributed by atoms with E-state index < -0.39 is 0 Å². The highest BCUT2D eigenvalue weighted by Gasteiger charge is 2.08. The molecule has 0 spiro atoms. The van der Waals surface area contributed by atoms with Crippen LogP contribution < -0.4 is 4.74 Å². The number of hydrogen-bond donors (Lipinski definition) is 0. The van der Waals surface area contributed by atoms with Gasteiger partial charge in [-0.3, -0.25) is 0 Å². The molecule has 0 saturated carbocycles. The van der Waals surface area contributed by atoms with Crippen LogP contribution >= 0.6 is 0 Å². The van der Waals surface area contributed by atoms with Crippen molar-refractivity contribution in [1.82, 2.24) is 9.97 Å². The number of methoxy groups -OCH3 is 1. The fourth-order valence-electron chi connectivity index (χ4n) is 1.71. The van der Waals surface area contributed by atoms with Gasteiger partial charge >= 0.3 is 0 Å². The second kappa shape index (κ2) is 3.78. The van der Waals surface area contributed by atoms with E-state index in [1.165, 1.54) is 0 Å². The van der Waals surface area contributed by atoms with E-state index in [0.29, 0.717) is 17.1 Å². The van der Waals surface area contributed by atoms with Gasteiger partial charge in [0, 0.05) is 11.1 Å². The molecule has 1 heterocycles. The summed E-state index contributed by atoms with van der Waals surface area (Å²) in [6.07, 6.45) is 0. The molecule has 4 heteroatoms. The Morgan fingerprint density at radius 2 is 2.00 bits per heavy atom. The smallest absolute Gasteiger partial charge is 0.137 e. The molecule has 1 aromatic carbocycles. The fourth-order valence-corrected chi connectivity index (χ4v) is 1.71. The van der Waals surface area contributed by atoms with Crippen molar-refractivity contribution >= 4 is 10.9 Å². The van der Waals surface area contributed by atoms with Crippen LogP contribution in [0.3, 0.4) is 0 Å². The van der Waals surface area contributed by atoms with Crippen molar-refractivity contribution in [2.24, 2.45) is 0 Å². The van der Waals surface area contributed by atoms with E-state index in [2.05, 4.69) is 16.0 Å². The maximum absolute atomic E-state index is 8.97. The quantitative estimate of drug-likeness (QED) is 0.728. The van der Waals surface area contributed by atoms with Gasteiger partial charge in [-0.05, 0) is 26.0 Å². The molecule has 16 heavy (non-hydrogen) atoms. The lowest BCUT2D eigenvalue weighted by atomic mass is 10.1. The molecule has 0 unspecified atom stereocenters. The summed E-state index contributed by atoms with van der Waals surface area (Å²) in [5, 5.41) is 9.89. The summed E-state index contributed by atoms with van der Waals surface area (Å²) >= 11 is 0. The first kappa shape index (κ1) is 10.4. The van der Waals surface area contributed by atoms with Gasteiger partial charge in [-0.2, -0.15) is 5.26 Å². The van der Waals surface area contributed by atoms with Crippen molar-refractivity contribution in [3.63, 3.8) is 0 Å². The zero-order valence-electron chi connectivity index (χ0n) is 9.40. The lowest BCUT2D eigenvalue weighted by molar-refractivity contribution is 0.414. The first-order valence-corrected chi connectivity index (χ1v) is 4.89. The molecule has 80 valence electrons. The van der Waals surface area contributed by atoms with Gasteiger partial charge in [-0.15, -0.1) is 0 Å². The molecule has 0 atom stereocenters. The van der Waals surface area contributed by atoms with Crippen molar-refractivity contribution in [2.45, 2.75) is 13.8 Å². The summed E-state index contributed by atoms with van der Waals surface area (Å²) in [6.45, 7) is 3.76. The number of fused-ring (bicyclic) bond motifs is 1. The molecule has 4 nitrogen and oxygen atoms in total. The Balaban J connectivity index is 2.84. The van der Waals surface area contributed by atoms with Crippen LogP contribution in [0, 0.1) is 25.2 Å². The number of benzene rings is 1. The molecular weight excluding hydrogens is 202 g/mol. The highest BCUT2D eigenvalue weighted by atomic mass is 16.5. The van der Waals surface area contributed by atoms with E-state index in [-0.39, 0.29) is 0 Å². The van der Waals surface area contributed by atoms with Crippen LogP contribution in [0.1, 0.15) is 17.1 Å². The third-order valence-electron chi connectivity index (χ3n) is 2.44. The first-order chi connectivity index (χ1) is 7.65. The average Bonchev–Trinajstić information content (AvgIpc) is 2.27. The van der Waals surface area contributed by atoms with Gasteiger partial charge in [0.1, 0.15) is 17.6 Å². The Morgan fingerprint density at radius 1 is 1.25 bits per heavy atom. The summed E-state index contributed by atoms with van der Waals surface area (Å²) < 4.78 is 5.15. The third kappa shape index (κ3) is 1.57. The monoisotopic (exact) mass is 213 g/mol. The van der Waals surface area contributed by atoms with Gasteiger partial charge in [0.15, 0.2) is 0 Å². The average molecular weight is 213 g/mol. The largest absolute Gasteiger partial charge is 0.495 e. The maximum Gasteiger partial charge on any atom is 0.137 e. The van der Waals surface area contributed by atoms with Crippen molar-refractivity contribution in [3.05, 3.63) is 29.2 Å². The number of rotatable bonds is 1. The van der Waals surface area contributed by atoms with E-state index in [1.807, 2.05) is 19.9 Å². The predicted molar refractivity (Wildman–Crippen MR) is 60.3 cm³/mol. The Morgan fingerprint density at radius 3 is 2.62 bits per heavy atom. The fraction of sp³-hybridized carbons (Fsp3) is 0.250. The molecule has 0 bridgehead atoms. The minimum atomic E-state index is 0.493. The Bertz CT molecular complexity index is 599. The molecule has 0 amide bonds. The lowest BCUT2D eigenvalue weighted by Crippen LogP contribution is -1.95. The van der Waals surface area contributed by atoms with Crippen molar-refractivity contribution in [1.29, 1.82) is 5.26 Å². The number of hydrogen-bond acceptors (Lipinski definition) is 4. The molecule has 2 rings (SSSR count). The number of ether oxygens (including phenoxy) is 1. The molecule has 0 saturated heterocycles. The van der Waals surface area contributed by atoms with E-state index >= 15 is 0 Å². The second-order valence-corrected chi connectivity index (χ2v) is 3.54. The first-order valence-electron chi connectivity index (χ1n) is 4.89. The summed E-state index contributed by atoms with van der Waals surface area (Å²) in [5.74, 6) is 1.27. The van der Waals surface area contributed by atoms with E-state index in [9.17, 15) is 0 Å². The van der Waals surface area contributed by atoms with Crippen LogP contribution in [0.5, 0.6) is 5.75 Å². The molecule has 0 aliphatic rings. The SMILES string of the molecule is COc1cc2c(C)nc(C)nc2cc1C#N. The van der Waals surface area contributed by atoms with Crippen LogP contribution in [0.15, 0.2) is 12.1 Å². The van der Waals surface area contributed by atoms with Gasteiger partial charge in [-0.1, -0.05) is 0 Å².